The van der Waals surface area contributed by atoms with E-state index in [0.717, 1.165) is 25.4 Å². The Labute approximate surface area is 128 Å². The van der Waals surface area contributed by atoms with E-state index in [1.165, 1.54) is 29.5 Å². The topological polar surface area (TPSA) is 40.5 Å². The molecule has 1 saturated heterocycles. The number of aryl methyl sites for hydroxylation is 2. The van der Waals surface area contributed by atoms with Gasteiger partial charge in [-0.1, -0.05) is 25.1 Å². The Hall–Kier alpha value is -1.35. The molecule has 21 heavy (non-hydrogen) atoms. The third-order valence-electron chi connectivity index (χ3n) is 4.79. The van der Waals surface area contributed by atoms with Gasteiger partial charge in [0.2, 0.25) is 0 Å². The molecule has 1 fully saturated rings. The van der Waals surface area contributed by atoms with Crippen LogP contribution in [0.3, 0.4) is 0 Å². The SMILES string of the molecule is Cc1ccc(CC(CC(=O)O)N2CCC(C)CC2)cc1C. The largest absolute Gasteiger partial charge is 0.481 e. The Balaban J connectivity index is 2.08. The first-order chi connectivity index (χ1) is 9.95. The van der Waals surface area contributed by atoms with E-state index in [2.05, 4.69) is 43.9 Å². The Morgan fingerprint density at radius 1 is 1.29 bits per heavy atom. The van der Waals surface area contributed by atoms with Gasteiger partial charge in [-0.25, -0.2) is 0 Å². The lowest BCUT2D eigenvalue weighted by molar-refractivity contribution is -0.138. The minimum Gasteiger partial charge on any atom is -0.481 e. The van der Waals surface area contributed by atoms with Crippen molar-refractivity contribution in [2.45, 2.75) is 52.5 Å². The summed E-state index contributed by atoms with van der Waals surface area (Å²) in [6.45, 7) is 8.58. The molecule has 1 aliphatic heterocycles. The van der Waals surface area contributed by atoms with Crippen molar-refractivity contribution >= 4 is 5.97 Å². The zero-order valence-electron chi connectivity index (χ0n) is 13.4. The van der Waals surface area contributed by atoms with Crippen LogP contribution in [0, 0.1) is 19.8 Å². The number of rotatable bonds is 5. The molecule has 1 heterocycles. The van der Waals surface area contributed by atoms with E-state index < -0.39 is 5.97 Å². The van der Waals surface area contributed by atoms with E-state index in [1.54, 1.807) is 0 Å². The number of piperidine rings is 1. The van der Waals surface area contributed by atoms with Crippen molar-refractivity contribution < 1.29 is 9.90 Å². The Bertz CT molecular complexity index is 490. The fourth-order valence-corrected chi connectivity index (χ4v) is 3.13. The molecule has 1 aromatic rings. The van der Waals surface area contributed by atoms with E-state index in [0.29, 0.717) is 0 Å². The van der Waals surface area contributed by atoms with Gasteiger partial charge in [-0.3, -0.25) is 9.69 Å². The van der Waals surface area contributed by atoms with Gasteiger partial charge >= 0.3 is 5.97 Å². The monoisotopic (exact) mass is 289 g/mol. The van der Waals surface area contributed by atoms with Gasteiger partial charge in [0, 0.05) is 6.04 Å². The molecule has 3 heteroatoms. The molecule has 1 aliphatic rings. The molecule has 1 atom stereocenters. The molecule has 3 nitrogen and oxygen atoms in total. The number of aliphatic carboxylic acids is 1. The average molecular weight is 289 g/mol. The Morgan fingerprint density at radius 3 is 2.52 bits per heavy atom. The molecule has 116 valence electrons. The van der Waals surface area contributed by atoms with Gasteiger partial charge in [-0.2, -0.15) is 0 Å². The predicted octanol–water partition coefficient (Wildman–Crippen LogP) is 3.42. The van der Waals surface area contributed by atoms with Crippen LogP contribution in [0.15, 0.2) is 18.2 Å². The maximum absolute atomic E-state index is 11.2. The van der Waals surface area contributed by atoms with E-state index in [1.807, 2.05) is 0 Å². The van der Waals surface area contributed by atoms with Gasteiger partial charge in [0.1, 0.15) is 0 Å². The molecule has 0 aliphatic carbocycles. The molecule has 1 unspecified atom stereocenters. The highest BCUT2D eigenvalue weighted by Gasteiger charge is 2.25. The van der Waals surface area contributed by atoms with Crippen LogP contribution in [0.5, 0.6) is 0 Å². The highest BCUT2D eigenvalue weighted by atomic mass is 16.4. The fraction of sp³-hybridized carbons (Fsp3) is 0.611. The van der Waals surface area contributed by atoms with Crippen molar-refractivity contribution in [3.8, 4) is 0 Å². The number of hydrogen-bond donors (Lipinski definition) is 1. The summed E-state index contributed by atoms with van der Waals surface area (Å²) in [6, 6.07) is 6.61. The lowest BCUT2D eigenvalue weighted by Crippen LogP contribution is -2.43. The maximum Gasteiger partial charge on any atom is 0.304 e. The lowest BCUT2D eigenvalue weighted by Gasteiger charge is -2.36. The van der Waals surface area contributed by atoms with E-state index in [9.17, 15) is 9.90 Å². The van der Waals surface area contributed by atoms with Crippen LogP contribution < -0.4 is 0 Å². The van der Waals surface area contributed by atoms with E-state index in [-0.39, 0.29) is 12.5 Å². The number of hydrogen-bond acceptors (Lipinski definition) is 2. The van der Waals surface area contributed by atoms with Crippen LogP contribution >= 0.6 is 0 Å². The molecule has 1 aromatic carbocycles. The van der Waals surface area contributed by atoms with Crippen LogP contribution in [0.4, 0.5) is 0 Å². The molecule has 1 N–H and O–H groups in total. The van der Waals surface area contributed by atoms with E-state index >= 15 is 0 Å². The van der Waals surface area contributed by atoms with Crippen LogP contribution in [0.1, 0.15) is 42.9 Å². The van der Waals surface area contributed by atoms with Gasteiger partial charge < -0.3 is 5.11 Å². The van der Waals surface area contributed by atoms with Crippen LogP contribution in [0.25, 0.3) is 0 Å². The van der Waals surface area contributed by atoms with Crippen LogP contribution in [-0.2, 0) is 11.2 Å². The molecule has 0 saturated carbocycles. The van der Waals surface area contributed by atoms with Gasteiger partial charge in [0.25, 0.3) is 0 Å². The summed E-state index contributed by atoms with van der Waals surface area (Å²) >= 11 is 0. The third-order valence-corrected chi connectivity index (χ3v) is 4.79. The van der Waals surface area contributed by atoms with Crippen molar-refractivity contribution in [3.05, 3.63) is 34.9 Å². The fourth-order valence-electron chi connectivity index (χ4n) is 3.13. The molecule has 0 bridgehead atoms. The minimum absolute atomic E-state index is 0.122. The molecule has 0 spiro atoms. The zero-order chi connectivity index (χ0) is 15.4. The van der Waals surface area contributed by atoms with Crippen LogP contribution in [0.2, 0.25) is 0 Å². The maximum atomic E-state index is 11.2. The molecular weight excluding hydrogens is 262 g/mol. The van der Waals surface area contributed by atoms with Crippen molar-refractivity contribution in [1.82, 2.24) is 4.90 Å². The summed E-state index contributed by atoms with van der Waals surface area (Å²) in [4.78, 5) is 13.6. The zero-order valence-corrected chi connectivity index (χ0v) is 13.4. The summed E-state index contributed by atoms with van der Waals surface area (Å²) in [5, 5.41) is 9.22. The number of likely N-dealkylation sites (tertiary alicyclic amines) is 1. The molecule has 0 aromatic heterocycles. The van der Waals surface area contributed by atoms with Gasteiger partial charge in [0.05, 0.1) is 6.42 Å². The number of carbonyl (C=O) groups is 1. The first kappa shape index (κ1) is 16.0. The standard InChI is InChI=1S/C18H27NO2/c1-13-6-8-19(9-7-13)17(12-18(20)21)11-16-5-4-14(2)15(3)10-16/h4-5,10,13,17H,6-9,11-12H2,1-3H3,(H,20,21). The summed E-state index contributed by atoms with van der Waals surface area (Å²) in [5.41, 5.74) is 3.83. The Kier molecular flexibility index (Phi) is 5.40. The highest BCUT2D eigenvalue weighted by molar-refractivity contribution is 5.67. The number of carboxylic acids is 1. The summed E-state index contributed by atoms with van der Waals surface area (Å²) in [7, 11) is 0. The van der Waals surface area contributed by atoms with Gasteiger partial charge in [0.15, 0.2) is 0 Å². The first-order valence-electron chi connectivity index (χ1n) is 7.97. The summed E-state index contributed by atoms with van der Waals surface area (Å²) < 4.78 is 0. The average Bonchev–Trinajstić information content (AvgIpc) is 2.42. The number of carboxylic acid groups (broad SMARTS) is 1. The van der Waals surface area contributed by atoms with Gasteiger partial charge in [-0.05, 0) is 68.8 Å². The van der Waals surface area contributed by atoms with Crippen molar-refractivity contribution in [1.29, 1.82) is 0 Å². The predicted molar refractivity (Wildman–Crippen MR) is 85.6 cm³/mol. The molecule has 0 amide bonds. The Morgan fingerprint density at radius 2 is 1.95 bits per heavy atom. The molecular formula is C18H27NO2. The summed E-state index contributed by atoms with van der Waals surface area (Å²) in [5.74, 6) is 0.0794. The quantitative estimate of drug-likeness (QED) is 0.903. The second-order valence-corrected chi connectivity index (χ2v) is 6.59. The van der Waals surface area contributed by atoms with Crippen LogP contribution in [-0.4, -0.2) is 35.1 Å². The minimum atomic E-state index is -0.692. The van der Waals surface area contributed by atoms with E-state index in [4.69, 9.17) is 0 Å². The number of nitrogens with zero attached hydrogens (tertiary/aromatic N) is 1. The molecule has 2 rings (SSSR count). The normalized spacial score (nSPS) is 18.6. The number of benzene rings is 1. The third kappa shape index (κ3) is 4.57. The second-order valence-electron chi connectivity index (χ2n) is 6.59. The highest BCUT2D eigenvalue weighted by Crippen LogP contribution is 2.22. The molecule has 0 radical (unpaired) electrons. The van der Waals surface area contributed by atoms with Crippen molar-refractivity contribution in [2.24, 2.45) is 5.92 Å². The smallest absolute Gasteiger partial charge is 0.304 e. The lowest BCUT2D eigenvalue weighted by atomic mass is 9.94. The first-order valence-corrected chi connectivity index (χ1v) is 7.97. The van der Waals surface area contributed by atoms with Crippen molar-refractivity contribution in [3.63, 3.8) is 0 Å². The van der Waals surface area contributed by atoms with Crippen molar-refractivity contribution in [2.75, 3.05) is 13.1 Å². The van der Waals surface area contributed by atoms with Gasteiger partial charge in [-0.15, -0.1) is 0 Å². The second kappa shape index (κ2) is 7.08. The summed E-state index contributed by atoms with van der Waals surface area (Å²) in [6.07, 6.45) is 3.44.